The molecule has 0 heterocycles. The Bertz CT molecular complexity index is 435. The predicted molar refractivity (Wildman–Crippen MR) is 98.7 cm³/mol. The molecule has 0 aromatic carbocycles. The Morgan fingerprint density at radius 2 is 1.68 bits per heavy atom. The van der Waals surface area contributed by atoms with Crippen molar-refractivity contribution in [3.63, 3.8) is 0 Å². The molecule has 0 fully saturated rings. The third-order valence-corrected chi connectivity index (χ3v) is 3.59. The van der Waals surface area contributed by atoms with E-state index in [1.807, 2.05) is 33.3 Å². The van der Waals surface area contributed by atoms with Crippen LogP contribution in [0.25, 0.3) is 0 Å². The number of hydrogen-bond acceptors (Lipinski definition) is 4. The maximum Gasteiger partial charge on any atom is 0.310 e. The molecular formula is C20H35NO4. The minimum Gasteiger partial charge on any atom is -0.550 e. The molecule has 25 heavy (non-hydrogen) atoms. The number of carboxylic acid groups (broad SMARTS) is 1. The standard InChI is InChI=1S/C20H35NO4/c1-5-6-7-8-9-10-11-12-13-14-15-20(24)25-18(16-19(22)23)17-21(2,3)4/h11-14,18H,5-10,15-17H2,1-4H3/b12-11+,14-13+. The molecule has 0 aliphatic heterocycles. The largest absolute Gasteiger partial charge is 0.550 e. The van der Waals surface area contributed by atoms with Gasteiger partial charge >= 0.3 is 5.97 Å². The van der Waals surface area contributed by atoms with Crippen molar-refractivity contribution >= 4 is 11.9 Å². The predicted octanol–water partition coefficient (Wildman–Crippen LogP) is 2.61. The number of allylic oxidation sites excluding steroid dienone is 3. The van der Waals surface area contributed by atoms with E-state index in [1.54, 1.807) is 6.08 Å². The molecule has 0 radical (unpaired) electrons. The molecular weight excluding hydrogens is 318 g/mol. The number of hydrogen-bond donors (Lipinski definition) is 0. The van der Waals surface area contributed by atoms with Gasteiger partial charge in [-0.25, -0.2) is 0 Å². The van der Waals surface area contributed by atoms with Gasteiger partial charge in [-0.3, -0.25) is 4.79 Å². The van der Waals surface area contributed by atoms with Crippen LogP contribution in [0.3, 0.4) is 0 Å². The van der Waals surface area contributed by atoms with Gasteiger partial charge in [0.25, 0.3) is 0 Å². The van der Waals surface area contributed by atoms with Gasteiger partial charge in [0.05, 0.1) is 27.6 Å². The van der Waals surface area contributed by atoms with E-state index < -0.39 is 18.0 Å². The van der Waals surface area contributed by atoms with E-state index in [0.29, 0.717) is 11.0 Å². The molecule has 0 amide bonds. The van der Waals surface area contributed by atoms with Gasteiger partial charge in [-0.05, 0) is 12.8 Å². The first kappa shape index (κ1) is 23.4. The van der Waals surface area contributed by atoms with Crippen LogP contribution in [0.1, 0.15) is 58.3 Å². The van der Waals surface area contributed by atoms with Gasteiger partial charge < -0.3 is 19.1 Å². The molecule has 1 unspecified atom stereocenters. The van der Waals surface area contributed by atoms with Gasteiger partial charge in [0, 0.05) is 12.4 Å². The third-order valence-electron chi connectivity index (χ3n) is 3.59. The van der Waals surface area contributed by atoms with E-state index in [4.69, 9.17) is 4.74 Å². The van der Waals surface area contributed by atoms with Gasteiger partial charge in [0.1, 0.15) is 6.54 Å². The summed E-state index contributed by atoms with van der Waals surface area (Å²) in [6.45, 7) is 2.64. The number of ether oxygens (including phenoxy) is 1. The normalized spacial score (nSPS) is 13.4. The molecule has 144 valence electrons. The molecule has 1 atom stereocenters. The highest BCUT2D eigenvalue weighted by molar-refractivity contribution is 5.72. The highest BCUT2D eigenvalue weighted by Crippen LogP contribution is 2.07. The fourth-order valence-electron chi connectivity index (χ4n) is 2.46. The zero-order valence-electron chi connectivity index (χ0n) is 16.3. The Hall–Kier alpha value is -1.62. The van der Waals surface area contributed by atoms with Crippen molar-refractivity contribution in [2.24, 2.45) is 0 Å². The number of carbonyl (C=O) groups is 2. The first-order valence-electron chi connectivity index (χ1n) is 9.26. The number of quaternary nitrogens is 1. The van der Waals surface area contributed by atoms with Gasteiger partial charge in [0.2, 0.25) is 0 Å². The number of aliphatic carboxylic acids is 1. The minimum absolute atomic E-state index is 0.140. The summed E-state index contributed by atoms with van der Waals surface area (Å²) >= 11 is 0. The van der Waals surface area contributed by atoms with Gasteiger partial charge in [0.15, 0.2) is 6.10 Å². The van der Waals surface area contributed by atoms with Crippen molar-refractivity contribution in [2.45, 2.75) is 64.4 Å². The van der Waals surface area contributed by atoms with E-state index in [0.717, 1.165) is 6.42 Å². The third kappa shape index (κ3) is 17.0. The first-order valence-corrected chi connectivity index (χ1v) is 9.26. The minimum atomic E-state index is -1.20. The second-order valence-electron chi connectivity index (χ2n) is 7.42. The van der Waals surface area contributed by atoms with Gasteiger partial charge in [-0.15, -0.1) is 0 Å². The molecule has 0 aromatic heterocycles. The number of esters is 1. The average Bonchev–Trinajstić information content (AvgIpc) is 2.46. The van der Waals surface area contributed by atoms with Crippen molar-refractivity contribution in [2.75, 3.05) is 27.7 Å². The second kappa shape index (κ2) is 13.6. The lowest BCUT2D eigenvalue weighted by Crippen LogP contribution is -2.45. The summed E-state index contributed by atoms with van der Waals surface area (Å²) in [6, 6.07) is 0. The van der Waals surface area contributed by atoms with Gasteiger partial charge in [-0.2, -0.15) is 0 Å². The summed E-state index contributed by atoms with van der Waals surface area (Å²) in [5.74, 6) is -1.62. The smallest absolute Gasteiger partial charge is 0.310 e. The summed E-state index contributed by atoms with van der Waals surface area (Å²) in [6.07, 6.45) is 14.2. The van der Waals surface area contributed by atoms with Crippen molar-refractivity contribution in [1.82, 2.24) is 0 Å². The molecule has 0 saturated carbocycles. The SMILES string of the molecule is CCCCCCC/C=C/C=C/CC(=O)OC(CC(=O)[O-])C[N+](C)(C)C. The van der Waals surface area contributed by atoms with Crippen LogP contribution in [0.2, 0.25) is 0 Å². The lowest BCUT2D eigenvalue weighted by atomic mass is 10.1. The fourth-order valence-corrected chi connectivity index (χ4v) is 2.46. The lowest BCUT2D eigenvalue weighted by molar-refractivity contribution is -0.873. The lowest BCUT2D eigenvalue weighted by Gasteiger charge is -2.29. The summed E-state index contributed by atoms with van der Waals surface area (Å²) in [5, 5.41) is 10.8. The summed E-state index contributed by atoms with van der Waals surface area (Å²) in [7, 11) is 5.76. The average molecular weight is 354 g/mol. The second-order valence-corrected chi connectivity index (χ2v) is 7.42. The van der Waals surface area contributed by atoms with Crippen molar-refractivity contribution in [3.05, 3.63) is 24.3 Å². The maximum absolute atomic E-state index is 11.8. The Morgan fingerprint density at radius 1 is 1.04 bits per heavy atom. The number of carbonyl (C=O) groups excluding carboxylic acids is 2. The first-order chi connectivity index (χ1) is 11.7. The van der Waals surface area contributed by atoms with Gasteiger partial charge in [-0.1, -0.05) is 56.9 Å². The molecule has 5 nitrogen and oxygen atoms in total. The number of carboxylic acids is 1. The monoisotopic (exact) mass is 353 g/mol. The Balaban J connectivity index is 4.06. The van der Waals surface area contributed by atoms with Crippen LogP contribution in [0.15, 0.2) is 24.3 Å². The van der Waals surface area contributed by atoms with E-state index in [1.165, 1.54) is 32.1 Å². The molecule has 0 aliphatic carbocycles. The van der Waals surface area contributed by atoms with Crippen molar-refractivity contribution < 1.29 is 23.9 Å². The molecule has 5 heteroatoms. The Morgan fingerprint density at radius 3 is 2.28 bits per heavy atom. The fraction of sp³-hybridized carbons (Fsp3) is 0.700. The van der Waals surface area contributed by atoms with Crippen LogP contribution in [-0.2, 0) is 14.3 Å². The van der Waals surface area contributed by atoms with Crippen molar-refractivity contribution in [3.8, 4) is 0 Å². The number of unbranched alkanes of at least 4 members (excludes halogenated alkanes) is 5. The topological polar surface area (TPSA) is 66.4 Å². The maximum atomic E-state index is 11.8. The highest BCUT2D eigenvalue weighted by atomic mass is 16.5. The van der Waals surface area contributed by atoms with E-state index in [9.17, 15) is 14.7 Å². The van der Waals surface area contributed by atoms with Crippen LogP contribution in [-0.4, -0.2) is 50.2 Å². The van der Waals surface area contributed by atoms with Crippen LogP contribution < -0.4 is 5.11 Å². The van der Waals surface area contributed by atoms with E-state index in [2.05, 4.69) is 13.0 Å². The summed E-state index contributed by atoms with van der Waals surface area (Å²) < 4.78 is 5.79. The Kier molecular flexibility index (Phi) is 12.8. The van der Waals surface area contributed by atoms with E-state index >= 15 is 0 Å². The molecule has 0 bridgehead atoms. The zero-order chi connectivity index (χ0) is 19.1. The zero-order valence-corrected chi connectivity index (χ0v) is 16.3. The molecule has 0 N–H and O–H groups in total. The summed E-state index contributed by atoms with van der Waals surface area (Å²) in [4.78, 5) is 22.6. The molecule has 0 aromatic rings. The molecule has 0 spiro atoms. The molecule has 0 rings (SSSR count). The van der Waals surface area contributed by atoms with Crippen molar-refractivity contribution in [1.29, 1.82) is 0 Å². The van der Waals surface area contributed by atoms with Crippen LogP contribution in [0.4, 0.5) is 0 Å². The van der Waals surface area contributed by atoms with Crippen LogP contribution >= 0.6 is 0 Å². The molecule has 0 aliphatic rings. The van der Waals surface area contributed by atoms with E-state index in [-0.39, 0.29) is 12.8 Å². The molecule has 0 saturated heterocycles. The quantitative estimate of drug-likeness (QED) is 0.208. The number of nitrogens with zero attached hydrogens (tertiary/aromatic N) is 1. The Labute approximate surface area is 152 Å². The number of rotatable bonds is 14. The van der Waals surface area contributed by atoms with Crippen LogP contribution in [0.5, 0.6) is 0 Å². The number of likely N-dealkylation sites (N-methyl/N-ethyl adjacent to an activating group) is 1. The van der Waals surface area contributed by atoms with Crippen LogP contribution in [0, 0.1) is 0 Å². The highest BCUT2D eigenvalue weighted by Gasteiger charge is 2.21. The summed E-state index contributed by atoms with van der Waals surface area (Å²) in [5.41, 5.74) is 0.